The average molecular weight is 367 g/mol. The van der Waals surface area contributed by atoms with Gasteiger partial charge in [-0.25, -0.2) is 4.39 Å². The van der Waals surface area contributed by atoms with Crippen molar-refractivity contribution in [2.24, 2.45) is 0 Å². The van der Waals surface area contributed by atoms with E-state index in [1.165, 1.54) is 30.2 Å². The number of amides is 1. The third-order valence-electron chi connectivity index (χ3n) is 4.29. The normalized spacial score (nSPS) is 19.9. The molecule has 1 aromatic heterocycles. The highest BCUT2D eigenvalue weighted by molar-refractivity contribution is 7.12. The molecule has 132 valence electrons. The summed E-state index contributed by atoms with van der Waals surface area (Å²) in [5.74, 6) is -2.02. The summed E-state index contributed by atoms with van der Waals surface area (Å²) >= 11 is 0.698. The standard InChI is InChI=1S/C17H15F2NO4S/c1-8-9(6-16(21)22)10-5-13(24-2)11(18)7-12(10)20(8)17(23)14-3-4-15(19)25-14/h3-5,12H,6-7H2,1-2H3,(H,21,22). The Bertz CT molecular complexity index is 853. The molecule has 0 saturated carbocycles. The molecule has 1 N–H and O–H groups in total. The number of carbonyl (C=O) groups is 2. The molecule has 0 fully saturated rings. The van der Waals surface area contributed by atoms with Crippen LogP contribution < -0.4 is 0 Å². The van der Waals surface area contributed by atoms with E-state index in [0.717, 1.165) is 0 Å². The molecule has 1 atom stereocenters. The van der Waals surface area contributed by atoms with Crippen LogP contribution in [0.25, 0.3) is 0 Å². The number of allylic oxidation sites excluding steroid dienone is 2. The molecule has 3 rings (SSSR count). The molecule has 0 saturated heterocycles. The third kappa shape index (κ3) is 2.97. The second-order valence-electron chi connectivity index (χ2n) is 5.71. The zero-order valence-electron chi connectivity index (χ0n) is 13.5. The van der Waals surface area contributed by atoms with Gasteiger partial charge in [-0.05, 0) is 36.3 Å². The number of halogens is 2. The highest BCUT2D eigenvalue weighted by atomic mass is 32.1. The van der Waals surface area contributed by atoms with Crippen molar-refractivity contribution in [1.29, 1.82) is 0 Å². The molecule has 1 unspecified atom stereocenters. The van der Waals surface area contributed by atoms with Crippen LogP contribution in [0.4, 0.5) is 8.78 Å². The molecule has 0 radical (unpaired) electrons. The average Bonchev–Trinajstić information content (AvgIpc) is 3.08. The number of ether oxygens (including phenoxy) is 1. The van der Waals surface area contributed by atoms with Crippen LogP contribution in [0.5, 0.6) is 0 Å². The lowest BCUT2D eigenvalue weighted by Gasteiger charge is -2.28. The second kappa shape index (κ2) is 6.44. The smallest absolute Gasteiger partial charge is 0.307 e. The van der Waals surface area contributed by atoms with Gasteiger partial charge >= 0.3 is 5.97 Å². The van der Waals surface area contributed by atoms with Crippen LogP contribution in [-0.2, 0) is 9.53 Å². The van der Waals surface area contributed by atoms with Crippen LogP contribution in [0.2, 0.25) is 0 Å². The second-order valence-corrected chi connectivity index (χ2v) is 6.74. The summed E-state index contributed by atoms with van der Waals surface area (Å²) in [7, 11) is 1.33. The van der Waals surface area contributed by atoms with Crippen molar-refractivity contribution in [2.75, 3.05) is 7.11 Å². The Labute approximate surface area is 146 Å². The summed E-state index contributed by atoms with van der Waals surface area (Å²) in [6, 6.07) is 1.89. The first-order chi connectivity index (χ1) is 11.8. The molecule has 0 bridgehead atoms. The van der Waals surface area contributed by atoms with E-state index in [0.29, 0.717) is 28.2 Å². The fraction of sp³-hybridized carbons (Fsp3) is 0.294. The number of fused-ring (bicyclic) bond motifs is 1. The van der Waals surface area contributed by atoms with E-state index in [1.54, 1.807) is 6.92 Å². The van der Waals surface area contributed by atoms with Gasteiger partial charge in [0.1, 0.15) is 5.83 Å². The predicted octanol–water partition coefficient (Wildman–Crippen LogP) is 3.62. The van der Waals surface area contributed by atoms with Gasteiger partial charge in [0.15, 0.2) is 10.9 Å². The molecule has 25 heavy (non-hydrogen) atoms. The number of carboxylic acid groups (broad SMARTS) is 1. The van der Waals surface area contributed by atoms with Gasteiger partial charge in [0.2, 0.25) is 0 Å². The fourth-order valence-electron chi connectivity index (χ4n) is 3.20. The number of nitrogens with zero attached hydrogens (tertiary/aromatic N) is 1. The Balaban J connectivity index is 2.06. The van der Waals surface area contributed by atoms with Crippen molar-refractivity contribution >= 4 is 23.2 Å². The Kier molecular flexibility index (Phi) is 4.47. The van der Waals surface area contributed by atoms with E-state index < -0.39 is 28.9 Å². The maximum absolute atomic E-state index is 14.2. The molecule has 1 amide bonds. The summed E-state index contributed by atoms with van der Waals surface area (Å²) in [6.07, 6.45) is 1.03. The van der Waals surface area contributed by atoms with Crippen molar-refractivity contribution < 1.29 is 28.2 Å². The Morgan fingerprint density at radius 1 is 1.40 bits per heavy atom. The highest BCUT2D eigenvalue weighted by Crippen LogP contribution is 2.43. The largest absolute Gasteiger partial charge is 0.494 e. The maximum Gasteiger partial charge on any atom is 0.307 e. The Morgan fingerprint density at radius 3 is 2.68 bits per heavy atom. The van der Waals surface area contributed by atoms with Crippen molar-refractivity contribution in [2.45, 2.75) is 25.8 Å². The Morgan fingerprint density at radius 2 is 2.12 bits per heavy atom. The minimum absolute atomic E-state index is 0.0263. The van der Waals surface area contributed by atoms with Crippen molar-refractivity contribution in [3.05, 3.63) is 56.6 Å². The molecule has 0 spiro atoms. The van der Waals surface area contributed by atoms with Crippen LogP contribution in [0.1, 0.15) is 29.4 Å². The Hall–Kier alpha value is -2.48. The summed E-state index contributed by atoms with van der Waals surface area (Å²) in [4.78, 5) is 25.5. The third-order valence-corrected chi connectivity index (χ3v) is 5.16. The summed E-state index contributed by atoms with van der Waals surface area (Å²) < 4.78 is 32.5. The van der Waals surface area contributed by atoms with Crippen LogP contribution in [0.3, 0.4) is 0 Å². The van der Waals surface area contributed by atoms with Gasteiger partial charge in [-0.1, -0.05) is 0 Å². The van der Waals surface area contributed by atoms with Crippen LogP contribution in [0.15, 0.2) is 46.6 Å². The molecular weight excluding hydrogens is 352 g/mol. The summed E-state index contributed by atoms with van der Waals surface area (Å²) in [5.41, 5.74) is 1.43. The quantitative estimate of drug-likeness (QED) is 0.883. The topological polar surface area (TPSA) is 66.8 Å². The molecule has 8 heteroatoms. The van der Waals surface area contributed by atoms with E-state index in [2.05, 4.69) is 0 Å². The van der Waals surface area contributed by atoms with Gasteiger partial charge in [-0.2, -0.15) is 4.39 Å². The zero-order valence-corrected chi connectivity index (χ0v) is 14.3. The van der Waals surface area contributed by atoms with Crippen molar-refractivity contribution in [3.63, 3.8) is 0 Å². The predicted molar refractivity (Wildman–Crippen MR) is 87.0 cm³/mol. The first-order valence-corrected chi connectivity index (χ1v) is 8.30. The first kappa shape index (κ1) is 17.3. The molecule has 1 aliphatic heterocycles. The van der Waals surface area contributed by atoms with Crippen LogP contribution in [-0.4, -0.2) is 35.0 Å². The number of rotatable bonds is 4. The number of hydrogen-bond donors (Lipinski definition) is 1. The molecule has 2 aliphatic rings. The minimum atomic E-state index is -1.06. The van der Waals surface area contributed by atoms with Crippen LogP contribution in [0, 0.1) is 5.13 Å². The zero-order chi connectivity index (χ0) is 18.3. The van der Waals surface area contributed by atoms with Crippen LogP contribution >= 0.6 is 11.3 Å². The van der Waals surface area contributed by atoms with Gasteiger partial charge in [0.05, 0.1) is 24.4 Å². The molecule has 1 aliphatic carbocycles. The summed E-state index contributed by atoms with van der Waals surface area (Å²) in [6.45, 7) is 1.61. The number of carbonyl (C=O) groups excluding carboxylic acids is 1. The van der Waals surface area contributed by atoms with Gasteiger partial charge in [-0.15, -0.1) is 11.3 Å². The lowest BCUT2D eigenvalue weighted by Crippen LogP contribution is -2.36. The lowest BCUT2D eigenvalue weighted by molar-refractivity contribution is -0.136. The van der Waals surface area contributed by atoms with Crippen molar-refractivity contribution in [1.82, 2.24) is 4.90 Å². The molecule has 2 heterocycles. The van der Waals surface area contributed by atoms with E-state index in [9.17, 15) is 23.5 Å². The molecule has 0 aromatic carbocycles. The molecule has 5 nitrogen and oxygen atoms in total. The molecule has 1 aromatic rings. The van der Waals surface area contributed by atoms with E-state index >= 15 is 0 Å². The van der Waals surface area contributed by atoms with Crippen molar-refractivity contribution in [3.8, 4) is 0 Å². The van der Waals surface area contributed by atoms with Gasteiger partial charge in [-0.3, -0.25) is 9.59 Å². The number of aliphatic carboxylic acids is 1. The number of thiophene rings is 1. The van der Waals surface area contributed by atoms with E-state index in [1.807, 2.05) is 0 Å². The first-order valence-electron chi connectivity index (χ1n) is 7.48. The van der Waals surface area contributed by atoms with Gasteiger partial charge in [0, 0.05) is 12.1 Å². The number of methoxy groups -OCH3 is 1. The van der Waals surface area contributed by atoms with E-state index in [4.69, 9.17) is 4.74 Å². The lowest BCUT2D eigenvalue weighted by atomic mass is 9.92. The minimum Gasteiger partial charge on any atom is -0.494 e. The molecular formula is C17H15F2NO4S. The fourth-order valence-corrected chi connectivity index (χ4v) is 3.86. The van der Waals surface area contributed by atoms with Gasteiger partial charge in [0.25, 0.3) is 5.91 Å². The monoisotopic (exact) mass is 367 g/mol. The SMILES string of the molecule is COC1=C(F)CC2C(=C1)C(CC(=O)O)=C(C)N2C(=O)c1ccc(F)s1. The summed E-state index contributed by atoms with van der Waals surface area (Å²) in [5, 5.41) is 8.67. The number of hydrogen-bond acceptors (Lipinski definition) is 4. The maximum atomic E-state index is 14.2. The highest BCUT2D eigenvalue weighted by Gasteiger charge is 2.42. The van der Waals surface area contributed by atoms with Gasteiger partial charge < -0.3 is 14.7 Å². The number of carboxylic acids is 1. The van der Waals surface area contributed by atoms with E-state index in [-0.39, 0.29) is 23.5 Å².